The first kappa shape index (κ1) is 12.3. The van der Waals surface area contributed by atoms with Crippen LogP contribution in [0.5, 0.6) is 11.5 Å². The highest BCUT2D eigenvalue weighted by molar-refractivity contribution is 8.93. The molecule has 0 heterocycles. The Bertz CT molecular complexity index is 276. The number of nitrogens with two attached hydrogens (primary N) is 1. The Labute approximate surface area is 88.0 Å². The number of phenolic OH excluding ortho intramolecular Hbond substituents is 2. The Morgan fingerprint density at radius 1 is 1.31 bits per heavy atom. The zero-order chi connectivity index (χ0) is 9.14. The summed E-state index contributed by atoms with van der Waals surface area (Å²) in [6, 6.07) is 4.80. The van der Waals surface area contributed by atoms with E-state index in [1.54, 1.807) is 6.07 Å². The summed E-state index contributed by atoms with van der Waals surface area (Å²) < 4.78 is 0. The minimum Gasteiger partial charge on any atom is -0.504 e. The van der Waals surface area contributed by atoms with Crippen LogP contribution in [-0.2, 0) is 6.42 Å². The van der Waals surface area contributed by atoms with Crippen LogP contribution in [0.3, 0.4) is 0 Å². The lowest BCUT2D eigenvalue weighted by atomic mass is 10.1. The maximum Gasteiger partial charge on any atom is 0.157 e. The van der Waals surface area contributed by atoms with Crippen molar-refractivity contribution in [2.45, 2.75) is 19.4 Å². The predicted molar refractivity (Wildman–Crippen MR) is 57.4 cm³/mol. The number of hydrogen-bond acceptors (Lipinski definition) is 3. The van der Waals surface area contributed by atoms with Gasteiger partial charge in [-0.3, -0.25) is 0 Å². The number of benzene rings is 1. The van der Waals surface area contributed by atoms with Crippen LogP contribution in [0.4, 0.5) is 0 Å². The molecule has 1 atom stereocenters. The van der Waals surface area contributed by atoms with Crippen LogP contribution in [0.1, 0.15) is 12.5 Å². The Morgan fingerprint density at radius 3 is 2.38 bits per heavy atom. The average molecular weight is 248 g/mol. The smallest absolute Gasteiger partial charge is 0.157 e. The van der Waals surface area contributed by atoms with Crippen LogP contribution >= 0.6 is 17.0 Å². The second-order valence-electron chi connectivity index (χ2n) is 3.00. The van der Waals surface area contributed by atoms with E-state index in [4.69, 9.17) is 15.9 Å². The van der Waals surface area contributed by atoms with E-state index in [0.717, 1.165) is 5.56 Å². The van der Waals surface area contributed by atoms with Crippen LogP contribution in [0.25, 0.3) is 0 Å². The standard InChI is InChI=1S/C9H13NO2.BrH/c1-6(10)4-7-2-3-8(11)9(12)5-7;/h2-3,5-6,11-12H,4,10H2,1H3;1H/t6-;/m1./s1. The molecule has 0 aliphatic rings. The van der Waals surface area contributed by atoms with E-state index in [1.165, 1.54) is 12.1 Å². The zero-order valence-electron chi connectivity index (χ0n) is 7.40. The van der Waals surface area contributed by atoms with Gasteiger partial charge in [0.05, 0.1) is 0 Å². The molecule has 0 amide bonds. The fraction of sp³-hybridized carbons (Fsp3) is 0.333. The molecule has 0 fully saturated rings. The number of rotatable bonds is 2. The van der Waals surface area contributed by atoms with E-state index in [2.05, 4.69) is 0 Å². The summed E-state index contributed by atoms with van der Waals surface area (Å²) in [5.74, 6) is -0.184. The van der Waals surface area contributed by atoms with Gasteiger partial charge in [0, 0.05) is 6.04 Å². The highest BCUT2D eigenvalue weighted by Gasteiger charge is 2.02. The summed E-state index contributed by atoms with van der Waals surface area (Å²) in [5, 5.41) is 18.1. The summed E-state index contributed by atoms with van der Waals surface area (Å²) in [7, 11) is 0. The normalized spacial score (nSPS) is 11.8. The first-order chi connectivity index (χ1) is 5.59. The average Bonchev–Trinajstić information content (AvgIpc) is 1.96. The highest BCUT2D eigenvalue weighted by atomic mass is 79.9. The van der Waals surface area contributed by atoms with Gasteiger partial charge in [0.1, 0.15) is 0 Å². The van der Waals surface area contributed by atoms with Crippen molar-refractivity contribution in [3.63, 3.8) is 0 Å². The molecule has 1 aromatic carbocycles. The van der Waals surface area contributed by atoms with Crippen LogP contribution in [0.2, 0.25) is 0 Å². The van der Waals surface area contributed by atoms with E-state index in [9.17, 15) is 0 Å². The second-order valence-corrected chi connectivity index (χ2v) is 3.00. The van der Waals surface area contributed by atoms with Crippen molar-refractivity contribution in [1.82, 2.24) is 0 Å². The van der Waals surface area contributed by atoms with E-state index < -0.39 is 0 Å². The molecule has 1 aromatic rings. The molecule has 13 heavy (non-hydrogen) atoms. The number of phenols is 2. The zero-order valence-corrected chi connectivity index (χ0v) is 9.11. The maximum absolute atomic E-state index is 9.12. The van der Waals surface area contributed by atoms with Crippen LogP contribution in [0, 0.1) is 0 Å². The number of halogens is 1. The van der Waals surface area contributed by atoms with Gasteiger partial charge in [-0.15, -0.1) is 17.0 Å². The summed E-state index contributed by atoms with van der Waals surface area (Å²) in [5.41, 5.74) is 6.50. The molecule has 0 radical (unpaired) electrons. The van der Waals surface area contributed by atoms with Crippen LogP contribution < -0.4 is 5.73 Å². The summed E-state index contributed by atoms with van der Waals surface area (Å²) >= 11 is 0. The second kappa shape index (κ2) is 5.09. The summed E-state index contributed by atoms with van der Waals surface area (Å²) in [6.07, 6.45) is 0.702. The van der Waals surface area contributed by atoms with Crippen molar-refractivity contribution in [2.24, 2.45) is 5.73 Å². The summed E-state index contributed by atoms with van der Waals surface area (Å²) in [6.45, 7) is 1.89. The minimum absolute atomic E-state index is 0. The Balaban J connectivity index is 0.00000144. The first-order valence-corrected chi connectivity index (χ1v) is 3.86. The summed E-state index contributed by atoms with van der Waals surface area (Å²) in [4.78, 5) is 0. The Morgan fingerprint density at radius 2 is 1.92 bits per heavy atom. The van der Waals surface area contributed by atoms with Crippen LogP contribution in [-0.4, -0.2) is 16.3 Å². The molecule has 0 saturated heterocycles. The van der Waals surface area contributed by atoms with Crippen LogP contribution in [0.15, 0.2) is 18.2 Å². The Kier molecular flexibility index (Phi) is 4.80. The third-order valence-electron chi connectivity index (χ3n) is 1.60. The third kappa shape index (κ3) is 3.65. The van der Waals surface area contributed by atoms with Gasteiger partial charge in [0.2, 0.25) is 0 Å². The molecule has 3 nitrogen and oxygen atoms in total. The van der Waals surface area contributed by atoms with E-state index >= 15 is 0 Å². The number of hydrogen-bond donors (Lipinski definition) is 3. The molecular formula is C9H14BrNO2. The molecule has 74 valence electrons. The largest absolute Gasteiger partial charge is 0.504 e. The van der Waals surface area contributed by atoms with Crippen molar-refractivity contribution in [2.75, 3.05) is 0 Å². The van der Waals surface area contributed by atoms with Crippen molar-refractivity contribution in [1.29, 1.82) is 0 Å². The molecule has 1 rings (SSSR count). The molecule has 4 heteroatoms. The van der Waals surface area contributed by atoms with Crippen molar-refractivity contribution in [3.8, 4) is 11.5 Å². The quantitative estimate of drug-likeness (QED) is 0.696. The molecule has 0 saturated carbocycles. The maximum atomic E-state index is 9.12. The lowest BCUT2D eigenvalue weighted by Gasteiger charge is -2.05. The fourth-order valence-corrected chi connectivity index (χ4v) is 1.07. The van der Waals surface area contributed by atoms with Gasteiger partial charge in [-0.1, -0.05) is 6.07 Å². The predicted octanol–water partition coefficient (Wildman–Crippen LogP) is 1.57. The monoisotopic (exact) mass is 247 g/mol. The van der Waals surface area contributed by atoms with Crippen molar-refractivity contribution in [3.05, 3.63) is 23.8 Å². The minimum atomic E-state index is -0.0941. The van der Waals surface area contributed by atoms with Gasteiger partial charge in [-0.25, -0.2) is 0 Å². The molecule has 0 aromatic heterocycles. The first-order valence-electron chi connectivity index (χ1n) is 3.86. The van der Waals surface area contributed by atoms with Crippen molar-refractivity contribution >= 4 is 17.0 Å². The number of aromatic hydroxyl groups is 2. The molecule has 0 unspecified atom stereocenters. The lowest BCUT2D eigenvalue weighted by molar-refractivity contribution is 0.403. The van der Waals surface area contributed by atoms with Crippen molar-refractivity contribution < 1.29 is 10.2 Å². The highest BCUT2D eigenvalue weighted by Crippen LogP contribution is 2.25. The van der Waals surface area contributed by atoms with Gasteiger partial charge < -0.3 is 15.9 Å². The van der Waals surface area contributed by atoms with E-state index in [0.29, 0.717) is 6.42 Å². The Hall–Kier alpha value is -0.740. The molecule has 0 aliphatic heterocycles. The van der Waals surface area contributed by atoms with Gasteiger partial charge in [0.15, 0.2) is 11.5 Å². The molecule has 4 N–H and O–H groups in total. The van der Waals surface area contributed by atoms with E-state index in [1.807, 2.05) is 6.92 Å². The molecule has 0 spiro atoms. The lowest BCUT2D eigenvalue weighted by Crippen LogP contribution is -2.17. The third-order valence-corrected chi connectivity index (χ3v) is 1.60. The van der Waals surface area contributed by atoms with E-state index in [-0.39, 0.29) is 34.5 Å². The SMILES string of the molecule is Br.C[C@@H](N)Cc1ccc(O)c(O)c1. The topological polar surface area (TPSA) is 66.5 Å². The fourth-order valence-electron chi connectivity index (χ4n) is 1.07. The van der Waals surface area contributed by atoms with Gasteiger partial charge >= 0.3 is 0 Å². The van der Waals surface area contributed by atoms with Gasteiger partial charge in [0.25, 0.3) is 0 Å². The molecule has 0 bridgehead atoms. The van der Waals surface area contributed by atoms with Gasteiger partial charge in [-0.05, 0) is 31.0 Å². The van der Waals surface area contributed by atoms with Gasteiger partial charge in [-0.2, -0.15) is 0 Å². The molecular weight excluding hydrogens is 234 g/mol. The molecule has 0 aliphatic carbocycles.